The maximum Gasteiger partial charge on any atom is 0.387 e. The second-order valence-corrected chi connectivity index (χ2v) is 5.39. The number of anilines is 2. The van der Waals surface area contributed by atoms with Crippen LogP contribution in [0.3, 0.4) is 0 Å². The Morgan fingerprint density at radius 2 is 2.05 bits per heavy atom. The first-order valence-corrected chi connectivity index (χ1v) is 6.69. The van der Waals surface area contributed by atoms with Gasteiger partial charge in [0.05, 0.1) is 11.4 Å². The average molecular weight is 288 g/mol. The topological polar surface area (TPSA) is 38.5 Å². The van der Waals surface area contributed by atoms with Crippen LogP contribution in [-0.4, -0.2) is 19.2 Å². The highest BCUT2D eigenvalue weighted by molar-refractivity contribution is 5.70. The Labute approximate surface area is 116 Å². The normalized spacial score (nSPS) is 23.2. The summed E-state index contributed by atoms with van der Waals surface area (Å²) in [5.74, 6) is -0.723. The van der Waals surface area contributed by atoms with Crippen molar-refractivity contribution in [3.63, 3.8) is 0 Å². The van der Waals surface area contributed by atoms with Crippen molar-refractivity contribution in [3.05, 3.63) is 17.9 Å². The standard InChI is InChI=1S/C14H19F3N2O/c1-8-3-4-19(9(2)5-8)12-7-13(20-14(16)17)10(15)6-11(12)18/h6-9,14H,3-5,18H2,1-2H3. The number of piperidine rings is 1. The number of benzene rings is 1. The lowest BCUT2D eigenvalue weighted by molar-refractivity contribution is -0.0521. The lowest BCUT2D eigenvalue weighted by Crippen LogP contribution is -2.40. The Hall–Kier alpha value is -1.59. The molecule has 0 aliphatic carbocycles. The number of alkyl halides is 2. The number of halogens is 3. The smallest absolute Gasteiger partial charge is 0.387 e. The van der Waals surface area contributed by atoms with Crippen LogP contribution in [0.5, 0.6) is 5.75 Å². The van der Waals surface area contributed by atoms with Crippen molar-refractivity contribution in [1.82, 2.24) is 0 Å². The highest BCUT2D eigenvalue weighted by Gasteiger charge is 2.26. The summed E-state index contributed by atoms with van der Waals surface area (Å²) in [4.78, 5) is 2.02. The van der Waals surface area contributed by atoms with Crippen molar-refractivity contribution in [2.45, 2.75) is 39.3 Å². The second kappa shape index (κ2) is 5.81. The zero-order valence-electron chi connectivity index (χ0n) is 11.6. The minimum Gasteiger partial charge on any atom is -0.432 e. The zero-order chi connectivity index (χ0) is 14.9. The van der Waals surface area contributed by atoms with E-state index in [1.54, 1.807) is 0 Å². The monoisotopic (exact) mass is 288 g/mol. The molecular formula is C14H19F3N2O. The van der Waals surface area contributed by atoms with E-state index in [-0.39, 0.29) is 11.7 Å². The molecule has 20 heavy (non-hydrogen) atoms. The van der Waals surface area contributed by atoms with Crippen LogP contribution in [0.15, 0.2) is 12.1 Å². The van der Waals surface area contributed by atoms with Gasteiger partial charge >= 0.3 is 6.61 Å². The predicted molar refractivity (Wildman–Crippen MR) is 72.7 cm³/mol. The van der Waals surface area contributed by atoms with Gasteiger partial charge < -0.3 is 15.4 Å². The molecule has 6 heteroatoms. The summed E-state index contributed by atoms with van der Waals surface area (Å²) < 4.78 is 42.3. The Kier molecular flexibility index (Phi) is 4.30. The number of ether oxygens (including phenoxy) is 1. The molecule has 2 rings (SSSR count). The SMILES string of the molecule is CC1CCN(c2cc(OC(F)F)c(F)cc2N)C(C)C1. The van der Waals surface area contributed by atoms with Gasteiger partial charge in [-0.1, -0.05) is 6.92 Å². The third-order valence-corrected chi connectivity index (χ3v) is 3.75. The van der Waals surface area contributed by atoms with Gasteiger partial charge in [0.2, 0.25) is 0 Å². The maximum atomic E-state index is 13.6. The molecule has 0 amide bonds. The van der Waals surface area contributed by atoms with Crippen molar-refractivity contribution in [2.24, 2.45) is 5.92 Å². The third kappa shape index (κ3) is 3.11. The molecular weight excluding hydrogens is 269 g/mol. The maximum absolute atomic E-state index is 13.6. The molecule has 2 unspecified atom stereocenters. The van der Waals surface area contributed by atoms with Crippen LogP contribution in [0, 0.1) is 11.7 Å². The van der Waals surface area contributed by atoms with Crippen LogP contribution >= 0.6 is 0 Å². The molecule has 0 saturated carbocycles. The van der Waals surface area contributed by atoms with Crippen LogP contribution in [-0.2, 0) is 0 Å². The third-order valence-electron chi connectivity index (χ3n) is 3.75. The van der Waals surface area contributed by atoms with Gasteiger partial charge in [0.15, 0.2) is 11.6 Å². The van der Waals surface area contributed by atoms with Gasteiger partial charge in [0, 0.05) is 24.7 Å². The summed E-state index contributed by atoms with van der Waals surface area (Å²) in [5, 5.41) is 0. The van der Waals surface area contributed by atoms with Crippen molar-refractivity contribution in [1.29, 1.82) is 0 Å². The molecule has 112 valence electrons. The minimum atomic E-state index is -3.06. The number of rotatable bonds is 3. The Morgan fingerprint density at radius 1 is 1.35 bits per heavy atom. The molecule has 2 N–H and O–H groups in total. The van der Waals surface area contributed by atoms with Crippen LogP contribution in [0.2, 0.25) is 0 Å². The molecule has 1 heterocycles. The summed E-state index contributed by atoms with van der Waals surface area (Å²) in [6.45, 7) is 1.94. The second-order valence-electron chi connectivity index (χ2n) is 5.39. The molecule has 0 bridgehead atoms. The summed E-state index contributed by atoms with van der Waals surface area (Å²) in [5.41, 5.74) is 6.62. The van der Waals surface area contributed by atoms with E-state index in [2.05, 4.69) is 11.7 Å². The number of nitrogens with two attached hydrogens (primary N) is 1. The highest BCUT2D eigenvalue weighted by atomic mass is 19.3. The van der Waals surface area contributed by atoms with Crippen LogP contribution in [0.1, 0.15) is 26.7 Å². The van der Waals surface area contributed by atoms with Crippen molar-refractivity contribution in [2.75, 3.05) is 17.2 Å². The Balaban J connectivity index is 2.31. The van der Waals surface area contributed by atoms with E-state index in [1.165, 1.54) is 6.07 Å². The Morgan fingerprint density at radius 3 is 2.65 bits per heavy atom. The van der Waals surface area contributed by atoms with E-state index in [0.717, 1.165) is 25.5 Å². The van der Waals surface area contributed by atoms with E-state index in [1.807, 2.05) is 11.8 Å². The van der Waals surface area contributed by atoms with Crippen molar-refractivity contribution < 1.29 is 17.9 Å². The van der Waals surface area contributed by atoms with Gasteiger partial charge in [0.25, 0.3) is 0 Å². The first kappa shape index (κ1) is 14.8. The predicted octanol–water partition coefficient (Wildman–Crippen LogP) is 3.63. The first-order chi connectivity index (χ1) is 9.38. The number of hydrogen-bond acceptors (Lipinski definition) is 3. The van der Waals surface area contributed by atoms with Gasteiger partial charge in [-0.15, -0.1) is 0 Å². The fourth-order valence-corrected chi connectivity index (χ4v) is 2.76. The van der Waals surface area contributed by atoms with Gasteiger partial charge in [-0.05, 0) is 25.7 Å². The van der Waals surface area contributed by atoms with E-state index in [0.29, 0.717) is 11.6 Å². The van der Waals surface area contributed by atoms with Crippen molar-refractivity contribution >= 4 is 11.4 Å². The molecule has 1 fully saturated rings. The molecule has 2 atom stereocenters. The molecule has 0 radical (unpaired) electrons. The quantitative estimate of drug-likeness (QED) is 0.863. The summed E-state index contributed by atoms with van der Waals surface area (Å²) in [6.07, 6.45) is 1.98. The molecule has 1 saturated heterocycles. The highest BCUT2D eigenvalue weighted by Crippen LogP contribution is 2.36. The first-order valence-electron chi connectivity index (χ1n) is 6.69. The fraction of sp³-hybridized carbons (Fsp3) is 0.571. The number of nitrogen functional groups attached to an aromatic ring is 1. The summed E-state index contributed by atoms with van der Waals surface area (Å²) in [7, 11) is 0. The molecule has 1 aromatic carbocycles. The van der Waals surface area contributed by atoms with Crippen LogP contribution < -0.4 is 15.4 Å². The van der Waals surface area contributed by atoms with Gasteiger partial charge in [-0.25, -0.2) is 4.39 Å². The number of hydrogen-bond donors (Lipinski definition) is 1. The van der Waals surface area contributed by atoms with Crippen LogP contribution in [0.4, 0.5) is 24.5 Å². The minimum absolute atomic E-state index is 0.228. The summed E-state index contributed by atoms with van der Waals surface area (Å²) in [6, 6.07) is 2.53. The molecule has 1 aliphatic rings. The summed E-state index contributed by atoms with van der Waals surface area (Å²) >= 11 is 0. The van der Waals surface area contributed by atoms with Crippen LogP contribution in [0.25, 0.3) is 0 Å². The van der Waals surface area contributed by atoms with Gasteiger partial charge in [0.1, 0.15) is 0 Å². The molecule has 1 aromatic rings. The van der Waals surface area contributed by atoms with Gasteiger partial charge in [-0.3, -0.25) is 0 Å². The van der Waals surface area contributed by atoms with Gasteiger partial charge in [-0.2, -0.15) is 8.78 Å². The van der Waals surface area contributed by atoms with E-state index in [4.69, 9.17) is 5.73 Å². The lowest BCUT2D eigenvalue weighted by Gasteiger charge is -2.39. The number of nitrogens with zero attached hydrogens (tertiary/aromatic N) is 1. The van der Waals surface area contributed by atoms with E-state index >= 15 is 0 Å². The Bertz CT molecular complexity index is 482. The molecule has 1 aliphatic heterocycles. The van der Waals surface area contributed by atoms with E-state index < -0.39 is 18.2 Å². The molecule has 0 aromatic heterocycles. The fourth-order valence-electron chi connectivity index (χ4n) is 2.76. The zero-order valence-corrected chi connectivity index (χ0v) is 11.6. The lowest BCUT2D eigenvalue weighted by atomic mass is 9.93. The van der Waals surface area contributed by atoms with Crippen molar-refractivity contribution in [3.8, 4) is 5.75 Å². The molecule has 0 spiro atoms. The largest absolute Gasteiger partial charge is 0.432 e. The molecule has 3 nitrogen and oxygen atoms in total. The average Bonchev–Trinajstić information content (AvgIpc) is 2.33. The van der Waals surface area contributed by atoms with E-state index in [9.17, 15) is 13.2 Å².